The van der Waals surface area contributed by atoms with E-state index in [9.17, 15) is 32.3 Å². The largest absolute Gasteiger partial charge is 0.480 e. The minimum absolute atomic E-state index is 0.0863. The lowest BCUT2D eigenvalue weighted by Gasteiger charge is -2.19. The maximum absolute atomic E-state index is 13.5. The van der Waals surface area contributed by atoms with Gasteiger partial charge in [0, 0.05) is 6.42 Å². The quantitative estimate of drug-likeness (QED) is 0.853. The smallest absolute Gasteiger partial charge is 0.416 e. The van der Waals surface area contributed by atoms with E-state index < -0.39 is 35.3 Å². The molecule has 1 aliphatic rings. The molecule has 0 bridgehead atoms. The van der Waals surface area contributed by atoms with Gasteiger partial charge in [-0.2, -0.15) is 18.3 Å². The van der Waals surface area contributed by atoms with E-state index in [0.717, 1.165) is 21.4 Å². The highest BCUT2D eigenvalue weighted by molar-refractivity contribution is 5.72. The summed E-state index contributed by atoms with van der Waals surface area (Å²) in [6.07, 6.45) is -3.52. The first kappa shape index (κ1) is 17.2. The first-order valence-electron chi connectivity index (χ1n) is 7.44. The maximum atomic E-state index is 13.5. The number of carbonyl (C=O) groups is 1. The molecule has 0 unspecified atom stereocenters. The molecule has 3 rings (SSSR count). The highest BCUT2D eigenvalue weighted by Gasteiger charge is 2.32. The first-order valence-corrected chi connectivity index (χ1v) is 7.44. The van der Waals surface area contributed by atoms with Gasteiger partial charge in [0.15, 0.2) is 0 Å². The molecular formula is C15H13F4N3O3. The zero-order valence-electron chi connectivity index (χ0n) is 12.8. The molecule has 0 aliphatic carbocycles. The topological polar surface area (TPSA) is 77.1 Å². The third-order valence-electron chi connectivity index (χ3n) is 4.03. The van der Waals surface area contributed by atoms with E-state index >= 15 is 0 Å². The summed E-state index contributed by atoms with van der Waals surface area (Å²) in [6.45, 7) is -0.383. The summed E-state index contributed by atoms with van der Waals surface area (Å²) < 4.78 is 53.7. The number of aliphatic carboxylic acids is 1. The maximum Gasteiger partial charge on any atom is 0.416 e. The summed E-state index contributed by atoms with van der Waals surface area (Å²) in [5.41, 5.74) is -1.99. The fraction of sp³-hybridized carbons (Fsp3) is 0.400. The van der Waals surface area contributed by atoms with E-state index in [4.69, 9.17) is 0 Å². The van der Waals surface area contributed by atoms with Crippen LogP contribution in [0.15, 0.2) is 23.0 Å². The minimum Gasteiger partial charge on any atom is -0.480 e. The zero-order valence-corrected chi connectivity index (χ0v) is 12.8. The summed E-state index contributed by atoms with van der Waals surface area (Å²) in [5.74, 6) is -1.99. The predicted octanol–water partition coefficient (Wildman–Crippen LogP) is 2.21. The number of alkyl halides is 3. The number of rotatable bonds is 3. The van der Waals surface area contributed by atoms with E-state index in [1.54, 1.807) is 0 Å². The fourth-order valence-electron chi connectivity index (χ4n) is 2.95. The molecular weight excluding hydrogens is 346 g/mol. The van der Waals surface area contributed by atoms with Crippen molar-refractivity contribution >= 4 is 5.97 Å². The number of fused-ring (bicyclic) bond motifs is 1. The Kier molecular flexibility index (Phi) is 4.13. The summed E-state index contributed by atoms with van der Waals surface area (Å²) >= 11 is 0. The Bertz CT molecular complexity index is 885. The van der Waals surface area contributed by atoms with Crippen LogP contribution in [-0.2, 0) is 23.9 Å². The zero-order chi connectivity index (χ0) is 18.4. The monoisotopic (exact) mass is 359 g/mol. The van der Waals surface area contributed by atoms with Gasteiger partial charge in [-0.3, -0.25) is 4.57 Å². The molecule has 134 valence electrons. The van der Waals surface area contributed by atoms with Crippen molar-refractivity contribution in [1.29, 1.82) is 0 Å². The Morgan fingerprint density at radius 1 is 1.32 bits per heavy atom. The normalized spacial score (nSPS) is 17.4. The molecule has 10 heteroatoms. The van der Waals surface area contributed by atoms with Crippen molar-refractivity contribution in [1.82, 2.24) is 14.3 Å². The molecule has 1 atom stereocenters. The number of hydrogen-bond acceptors (Lipinski definition) is 3. The molecule has 25 heavy (non-hydrogen) atoms. The van der Waals surface area contributed by atoms with Crippen molar-refractivity contribution in [3.63, 3.8) is 0 Å². The highest BCUT2D eigenvalue weighted by Crippen LogP contribution is 2.30. The molecule has 6 nitrogen and oxygen atoms in total. The summed E-state index contributed by atoms with van der Waals surface area (Å²) in [5, 5.41) is 13.2. The lowest BCUT2D eigenvalue weighted by atomic mass is 10.1. The molecule has 2 aromatic rings. The molecule has 0 radical (unpaired) electrons. The summed E-state index contributed by atoms with van der Waals surface area (Å²) in [7, 11) is 0. The van der Waals surface area contributed by atoms with E-state index in [1.165, 1.54) is 0 Å². The van der Waals surface area contributed by atoms with E-state index in [-0.39, 0.29) is 24.4 Å². The Morgan fingerprint density at radius 3 is 2.68 bits per heavy atom. The Hall–Kier alpha value is -2.65. The second-order valence-electron chi connectivity index (χ2n) is 5.82. The number of halogens is 4. The Balaban J connectivity index is 1.99. The van der Waals surface area contributed by atoms with Crippen LogP contribution in [0.2, 0.25) is 0 Å². The van der Waals surface area contributed by atoms with Crippen LogP contribution in [0.1, 0.15) is 35.8 Å². The molecule has 0 saturated heterocycles. The molecule has 0 fully saturated rings. The van der Waals surface area contributed by atoms with Gasteiger partial charge in [-0.25, -0.2) is 18.7 Å². The third-order valence-corrected chi connectivity index (χ3v) is 4.03. The lowest BCUT2D eigenvalue weighted by Crippen LogP contribution is -2.34. The molecule has 0 amide bonds. The van der Waals surface area contributed by atoms with Crippen molar-refractivity contribution in [3.05, 3.63) is 51.5 Å². The molecule has 1 N–H and O–H groups in total. The van der Waals surface area contributed by atoms with Gasteiger partial charge in [0.25, 0.3) is 0 Å². The molecule has 1 aliphatic heterocycles. The first-order chi connectivity index (χ1) is 11.7. The average molecular weight is 359 g/mol. The second kappa shape index (κ2) is 6.01. The van der Waals surface area contributed by atoms with Gasteiger partial charge in [-0.05, 0) is 36.6 Å². The number of carboxylic acids is 1. The SMILES string of the molecule is O=C(O)[C@H]1CCCc2nn(Cc3cc(F)cc(C(F)(F)F)c3)c(=O)n21. The Morgan fingerprint density at radius 2 is 2.04 bits per heavy atom. The number of hydrogen-bond donors (Lipinski definition) is 1. The minimum atomic E-state index is -4.72. The third kappa shape index (κ3) is 3.28. The van der Waals surface area contributed by atoms with Crippen LogP contribution in [0.3, 0.4) is 0 Å². The summed E-state index contributed by atoms with van der Waals surface area (Å²) in [4.78, 5) is 23.6. The molecule has 0 spiro atoms. The van der Waals surface area contributed by atoms with Crippen LogP contribution in [0.25, 0.3) is 0 Å². The van der Waals surface area contributed by atoms with Gasteiger partial charge in [0.2, 0.25) is 0 Å². The van der Waals surface area contributed by atoms with Gasteiger partial charge in [0.1, 0.15) is 17.7 Å². The van der Waals surface area contributed by atoms with Crippen LogP contribution in [-0.4, -0.2) is 25.4 Å². The average Bonchev–Trinajstić information content (AvgIpc) is 2.82. The molecule has 1 aromatic carbocycles. The van der Waals surface area contributed by atoms with Crippen molar-refractivity contribution in [3.8, 4) is 0 Å². The van der Waals surface area contributed by atoms with Gasteiger partial charge in [-0.1, -0.05) is 0 Å². The van der Waals surface area contributed by atoms with Gasteiger partial charge >= 0.3 is 17.8 Å². The van der Waals surface area contributed by atoms with Crippen LogP contribution < -0.4 is 5.69 Å². The van der Waals surface area contributed by atoms with Crippen molar-refractivity contribution < 1.29 is 27.5 Å². The summed E-state index contributed by atoms with van der Waals surface area (Å²) in [6, 6.07) is 0.936. The van der Waals surface area contributed by atoms with Crippen LogP contribution in [0.4, 0.5) is 17.6 Å². The van der Waals surface area contributed by atoms with Crippen LogP contribution >= 0.6 is 0 Å². The van der Waals surface area contributed by atoms with Gasteiger partial charge < -0.3 is 5.11 Å². The van der Waals surface area contributed by atoms with Crippen LogP contribution in [0, 0.1) is 5.82 Å². The van der Waals surface area contributed by atoms with Crippen molar-refractivity contribution in [2.45, 2.75) is 38.0 Å². The number of aryl methyl sites for hydroxylation is 1. The second-order valence-corrected chi connectivity index (χ2v) is 5.82. The van der Waals surface area contributed by atoms with E-state index in [1.807, 2.05) is 0 Å². The number of benzene rings is 1. The highest BCUT2D eigenvalue weighted by atomic mass is 19.4. The Labute approximate surface area is 138 Å². The van der Waals surface area contributed by atoms with Crippen LogP contribution in [0.5, 0.6) is 0 Å². The molecule has 1 aromatic heterocycles. The van der Waals surface area contributed by atoms with Crippen molar-refractivity contribution in [2.24, 2.45) is 0 Å². The standard InChI is InChI=1S/C15H13F4N3O3/c16-10-5-8(4-9(6-10)15(17,18)19)7-21-14(25)22-11(13(23)24)2-1-3-12(22)20-21/h4-6,11H,1-3,7H2,(H,23,24)/t11-/m1/s1. The predicted molar refractivity (Wildman–Crippen MR) is 76.6 cm³/mol. The van der Waals surface area contributed by atoms with Gasteiger partial charge in [-0.15, -0.1) is 0 Å². The van der Waals surface area contributed by atoms with E-state index in [0.29, 0.717) is 18.9 Å². The van der Waals surface area contributed by atoms with Crippen molar-refractivity contribution in [2.75, 3.05) is 0 Å². The molecule has 0 saturated carbocycles. The number of nitrogens with zero attached hydrogens (tertiary/aromatic N) is 3. The fourth-order valence-corrected chi connectivity index (χ4v) is 2.95. The lowest BCUT2D eigenvalue weighted by molar-refractivity contribution is -0.141. The number of aromatic nitrogens is 3. The van der Waals surface area contributed by atoms with Gasteiger partial charge in [0.05, 0.1) is 12.1 Å². The number of carboxylic acid groups (broad SMARTS) is 1. The van der Waals surface area contributed by atoms with E-state index in [2.05, 4.69) is 5.10 Å². The molecule has 2 heterocycles.